The molecule has 0 fully saturated rings. The van der Waals surface area contributed by atoms with Gasteiger partial charge >= 0.3 is 6.18 Å². The van der Waals surface area contributed by atoms with Crippen molar-refractivity contribution in [3.8, 4) is 0 Å². The molecule has 0 saturated heterocycles. The van der Waals surface area contributed by atoms with Crippen LogP contribution in [0.5, 0.6) is 0 Å². The molecule has 0 heterocycles. The van der Waals surface area contributed by atoms with Gasteiger partial charge in [-0.3, -0.25) is 4.90 Å². The van der Waals surface area contributed by atoms with E-state index in [1.807, 2.05) is 4.90 Å². The van der Waals surface area contributed by atoms with Gasteiger partial charge in [0.25, 0.3) is 0 Å². The molecule has 2 N–H and O–H groups in total. The SMILES string of the molecule is OCCN(CCO)CCSc1cccc(C(F)(F)F)c1. The minimum atomic E-state index is -4.32. The van der Waals surface area contributed by atoms with Crippen LogP contribution < -0.4 is 0 Å². The maximum atomic E-state index is 12.5. The Morgan fingerprint density at radius 2 is 1.70 bits per heavy atom. The van der Waals surface area contributed by atoms with Gasteiger partial charge in [-0.05, 0) is 18.2 Å². The van der Waals surface area contributed by atoms with E-state index in [-0.39, 0.29) is 13.2 Å². The first-order chi connectivity index (χ1) is 9.47. The third-order valence-corrected chi connectivity index (χ3v) is 3.64. The van der Waals surface area contributed by atoms with Gasteiger partial charge in [0.2, 0.25) is 0 Å². The number of aliphatic hydroxyl groups is 2. The molecule has 1 aromatic carbocycles. The number of nitrogens with zero attached hydrogens (tertiary/aromatic N) is 1. The lowest BCUT2D eigenvalue weighted by molar-refractivity contribution is -0.137. The molecule has 0 aliphatic rings. The van der Waals surface area contributed by atoms with Crippen molar-refractivity contribution in [1.82, 2.24) is 4.90 Å². The third-order valence-electron chi connectivity index (χ3n) is 2.67. The summed E-state index contributed by atoms with van der Waals surface area (Å²) in [6, 6.07) is 5.22. The quantitative estimate of drug-likeness (QED) is 0.722. The molecule has 0 aliphatic carbocycles. The fourth-order valence-corrected chi connectivity index (χ4v) is 2.64. The van der Waals surface area contributed by atoms with Crippen LogP contribution in [0.4, 0.5) is 13.2 Å². The van der Waals surface area contributed by atoms with Crippen molar-refractivity contribution in [3.05, 3.63) is 29.8 Å². The smallest absolute Gasteiger partial charge is 0.395 e. The predicted octanol–water partition coefficient (Wildman–Crippen LogP) is 2.08. The van der Waals surface area contributed by atoms with E-state index in [0.717, 1.165) is 12.1 Å². The molecule has 0 bridgehead atoms. The van der Waals surface area contributed by atoms with Gasteiger partial charge in [-0.2, -0.15) is 13.2 Å². The highest BCUT2D eigenvalue weighted by Crippen LogP contribution is 2.31. The van der Waals surface area contributed by atoms with Crippen LogP contribution in [-0.4, -0.2) is 53.7 Å². The standard InChI is InChI=1S/C13H18F3NO2S/c14-13(15,16)11-2-1-3-12(10-11)20-9-6-17(4-7-18)5-8-19/h1-3,10,18-19H,4-9H2. The summed E-state index contributed by atoms with van der Waals surface area (Å²) in [5, 5.41) is 17.7. The molecule has 0 atom stereocenters. The summed E-state index contributed by atoms with van der Waals surface area (Å²) in [6.45, 7) is 1.48. The maximum absolute atomic E-state index is 12.5. The van der Waals surface area contributed by atoms with Gasteiger partial charge in [0.1, 0.15) is 0 Å². The predicted molar refractivity (Wildman–Crippen MR) is 72.8 cm³/mol. The summed E-state index contributed by atoms with van der Waals surface area (Å²) in [6.07, 6.45) is -4.32. The van der Waals surface area contributed by atoms with Crippen LogP contribution in [0.3, 0.4) is 0 Å². The number of hydrogen-bond donors (Lipinski definition) is 2. The molecule has 7 heteroatoms. The summed E-state index contributed by atoms with van der Waals surface area (Å²) >= 11 is 1.33. The normalized spacial score (nSPS) is 12.1. The molecule has 0 unspecified atom stereocenters. The van der Waals surface area contributed by atoms with Gasteiger partial charge in [0.05, 0.1) is 18.8 Å². The van der Waals surface area contributed by atoms with Gasteiger partial charge in [-0.15, -0.1) is 11.8 Å². The van der Waals surface area contributed by atoms with Crippen molar-refractivity contribution in [1.29, 1.82) is 0 Å². The number of aliphatic hydroxyl groups excluding tert-OH is 2. The molecule has 20 heavy (non-hydrogen) atoms. The van der Waals surface area contributed by atoms with E-state index in [2.05, 4.69) is 0 Å². The lowest BCUT2D eigenvalue weighted by Gasteiger charge is -2.19. The van der Waals surface area contributed by atoms with E-state index < -0.39 is 11.7 Å². The van der Waals surface area contributed by atoms with Crippen LogP contribution in [0.2, 0.25) is 0 Å². The van der Waals surface area contributed by atoms with Crippen LogP contribution in [0.25, 0.3) is 0 Å². The third kappa shape index (κ3) is 6.13. The molecule has 114 valence electrons. The second-order valence-electron chi connectivity index (χ2n) is 4.16. The van der Waals surface area contributed by atoms with Gasteiger partial charge in [-0.25, -0.2) is 0 Å². The average Bonchev–Trinajstić information content (AvgIpc) is 2.38. The van der Waals surface area contributed by atoms with Crippen molar-refractivity contribution in [3.63, 3.8) is 0 Å². The average molecular weight is 309 g/mol. The Morgan fingerprint density at radius 3 is 2.25 bits per heavy atom. The minimum Gasteiger partial charge on any atom is -0.395 e. The molecular weight excluding hydrogens is 291 g/mol. The summed E-state index contributed by atoms with van der Waals surface area (Å²) in [5.41, 5.74) is -0.648. The lowest BCUT2D eigenvalue weighted by Crippen LogP contribution is -2.31. The Bertz CT molecular complexity index is 395. The summed E-state index contributed by atoms with van der Waals surface area (Å²) in [7, 11) is 0. The highest BCUT2D eigenvalue weighted by atomic mass is 32.2. The molecule has 1 rings (SSSR count). The highest BCUT2D eigenvalue weighted by Gasteiger charge is 2.30. The van der Waals surface area contributed by atoms with Gasteiger partial charge in [-0.1, -0.05) is 6.07 Å². The molecule has 0 spiro atoms. The zero-order valence-electron chi connectivity index (χ0n) is 10.9. The molecule has 1 aromatic rings. The van der Waals surface area contributed by atoms with Gasteiger partial charge < -0.3 is 10.2 Å². The number of hydrogen-bond acceptors (Lipinski definition) is 4. The molecule has 0 amide bonds. The van der Waals surface area contributed by atoms with Crippen molar-refractivity contribution in [2.75, 3.05) is 38.6 Å². The van der Waals surface area contributed by atoms with E-state index in [1.165, 1.54) is 17.8 Å². The van der Waals surface area contributed by atoms with E-state index in [1.54, 1.807) is 6.07 Å². The van der Waals surface area contributed by atoms with E-state index >= 15 is 0 Å². The molecule has 0 saturated carbocycles. The molecule has 0 aromatic heterocycles. The lowest BCUT2D eigenvalue weighted by atomic mass is 10.2. The maximum Gasteiger partial charge on any atom is 0.416 e. The van der Waals surface area contributed by atoms with E-state index in [9.17, 15) is 13.2 Å². The van der Waals surface area contributed by atoms with Crippen molar-refractivity contribution < 1.29 is 23.4 Å². The minimum absolute atomic E-state index is 0.00573. The van der Waals surface area contributed by atoms with Crippen LogP contribution in [0.15, 0.2) is 29.2 Å². The number of thioether (sulfide) groups is 1. The van der Waals surface area contributed by atoms with Crippen LogP contribution in [0.1, 0.15) is 5.56 Å². The summed E-state index contributed by atoms with van der Waals surface area (Å²) < 4.78 is 37.6. The number of halogens is 3. The fraction of sp³-hybridized carbons (Fsp3) is 0.538. The van der Waals surface area contributed by atoms with Crippen LogP contribution in [0, 0.1) is 0 Å². The second kappa shape index (κ2) is 8.51. The van der Waals surface area contributed by atoms with Crippen LogP contribution >= 0.6 is 11.8 Å². The molecule has 0 aliphatic heterocycles. The molecular formula is C13H18F3NO2S. The Morgan fingerprint density at radius 1 is 1.05 bits per heavy atom. The Hall–Kier alpha value is -0.760. The fourth-order valence-electron chi connectivity index (χ4n) is 1.67. The summed E-state index contributed by atoms with van der Waals surface area (Å²) in [4.78, 5) is 2.42. The highest BCUT2D eigenvalue weighted by molar-refractivity contribution is 7.99. The Balaban J connectivity index is 2.49. The Labute approximate surface area is 120 Å². The second-order valence-corrected chi connectivity index (χ2v) is 5.33. The number of alkyl halides is 3. The largest absolute Gasteiger partial charge is 0.416 e. The first-order valence-corrected chi connectivity index (χ1v) is 7.20. The zero-order valence-corrected chi connectivity index (χ0v) is 11.8. The molecule has 0 radical (unpaired) electrons. The van der Waals surface area contributed by atoms with Crippen LogP contribution in [-0.2, 0) is 6.18 Å². The first-order valence-electron chi connectivity index (χ1n) is 6.21. The Kier molecular flexibility index (Phi) is 7.36. The van der Waals surface area contributed by atoms with Crippen molar-refractivity contribution in [2.45, 2.75) is 11.1 Å². The van der Waals surface area contributed by atoms with E-state index in [0.29, 0.717) is 30.3 Å². The van der Waals surface area contributed by atoms with Gasteiger partial charge in [0.15, 0.2) is 0 Å². The van der Waals surface area contributed by atoms with Gasteiger partial charge in [0, 0.05) is 30.3 Å². The van der Waals surface area contributed by atoms with Crippen molar-refractivity contribution in [2.24, 2.45) is 0 Å². The zero-order chi connectivity index (χ0) is 15.0. The number of rotatable bonds is 8. The molecule has 3 nitrogen and oxygen atoms in total. The van der Waals surface area contributed by atoms with E-state index in [4.69, 9.17) is 10.2 Å². The monoisotopic (exact) mass is 309 g/mol. The van der Waals surface area contributed by atoms with Crippen molar-refractivity contribution >= 4 is 11.8 Å². The number of benzene rings is 1. The summed E-state index contributed by atoms with van der Waals surface area (Å²) in [5.74, 6) is 0.599. The topological polar surface area (TPSA) is 43.7 Å². The first kappa shape index (κ1) is 17.3.